The molecule has 17 heavy (non-hydrogen) atoms. The predicted molar refractivity (Wildman–Crippen MR) is 71.1 cm³/mol. The maximum Gasteiger partial charge on any atom is 0.0544 e. The molecular weight excluding hydrogens is 230 g/mol. The molecule has 90 valence electrons. The first-order valence-corrected chi connectivity index (χ1v) is 6.85. The lowest BCUT2D eigenvalue weighted by atomic mass is 10.0. The van der Waals surface area contributed by atoms with Gasteiger partial charge in [-0.1, -0.05) is 6.92 Å². The third kappa shape index (κ3) is 3.61. The average Bonchev–Trinajstić information content (AvgIpc) is 2.88. The van der Waals surface area contributed by atoms with E-state index in [0.717, 1.165) is 19.4 Å². The summed E-state index contributed by atoms with van der Waals surface area (Å²) in [7, 11) is 0. The van der Waals surface area contributed by atoms with Crippen molar-refractivity contribution >= 4 is 11.3 Å². The average molecular weight is 247 g/mol. The van der Waals surface area contributed by atoms with Crippen LogP contribution in [0.1, 0.15) is 30.5 Å². The molecule has 0 amide bonds. The third-order valence-electron chi connectivity index (χ3n) is 2.76. The standard InChI is InChI=1S/C13H17N3S/c1-2-14-13(12-5-7-15-16-9-12)4-3-11-6-8-17-10-11/h5-10,13-14H,2-4H2,1H3. The number of nitrogens with one attached hydrogen (secondary N) is 1. The molecule has 2 aromatic rings. The molecule has 2 rings (SSSR count). The van der Waals surface area contributed by atoms with Crippen molar-refractivity contribution in [3.05, 3.63) is 46.4 Å². The minimum absolute atomic E-state index is 0.371. The molecular formula is C13H17N3S. The SMILES string of the molecule is CCNC(CCc1ccsc1)c1ccnnc1. The Labute approximate surface area is 106 Å². The molecule has 0 fully saturated rings. The lowest BCUT2D eigenvalue weighted by molar-refractivity contribution is 0.513. The Balaban J connectivity index is 1.98. The van der Waals surface area contributed by atoms with Crippen LogP contribution in [0.2, 0.25) is 0 Å². The molecule has 4 heteroatoms. The zero-order valence-electron chi connectivity index (χ0n) is 9.97. The molecule has 0 spiro atoms. The molecule has 0 aromatic carbocycles. The topological polar surface area (TPSA) is 37.8 Å². The molecule has 0 aliphatic carbocycles. The largest absolute Gasteiger partial charge is 0.310 e. The van der Waals surface area contributed by atoms with Gasteiger partial charge in [-0.2, -0.15) is 21.5 Å². The van der Waals surface area contributed by atoms with E-state index in [0.29, 0.717) is 6.04 Å². The van der Waals surface area contributed by atoms with Crippen LogP contribution in [0.25, 0.3) is 0 Å². The highest BCUT2D eigenvalue weighted by Gasteiger charge is 2.10. The van der Waals surface area contributed by atoms with Gasteiger partial charge in [-0.3, -0.25) is 0 Å². The number of rotatable bonds is 6. The number of hydrogen-bond donors (Lipinski definition) is 1. The second-order valence-electron chi connectivity index (χ2n) is 3.96. The Hall–Kier alpha value is -1.26. The van der Waals surface area contributed by atoms with Crippen molar-refractivity contribution in [1.29, 1.82) is 0 Å². The van der Waals surface area contributed by atoms with E-state index in [9.17, 15) is 0 Å². The maximum atomic E-state index is 3.94. The summed E-state index contributed by atoms with van der Waals surface area (Å²) in [5.41, 5.74) is 2.64. The highest BCUT2D eigenvalue weighted by Crippen LogP contribution is 2.19. The second kappa shape index (κ2) is 6.47. The van der Waals surface area contributed by atoms with E-state index < -0.39 is 0 Å². The van der Waals surface area contributed by atoms with Gasteiger partial charge >= 0.3 is 0 Å². The van der Waals surface area contributed by atoms with Gasteiger partial charge in [-0.25, -0.2) is 0 Å². The van der Waals surface area contributed by atoms with E-state index in [1.54, 1.807) is 17.5 Å². The van der Waals surface area contributed by atoms with Crippen LogP contribution in [-0.4, -0.2) is 16.7 Å². The number of aryl methyl sites for hydroxylation is 1. The predicted octanol–water partition coefficient (Wildman–Crippen LogP) is 2.82. The van der Waals surface area contributed by atoms with Crippen molar-refractivity contribution in [3.63, 3.8) is 0 Å². The van der Waals surface area contributed by atoms with Crippen molar-refractivity contribution in [3.8, 4) is 0 Å². The van der Waals surface area contributed by atoms with Crippen molar-refractivity contribution in [2.75, 3.05) is 6.54 Å². The number of thiophene rings is 1. The van der Waals surface area contributed by atoms with Gasteiger partial charge in [0, 0.05) is 12.2 Å². The van der Waals surface area contributed by atoms with Crippen LogP contribution < -0.4 is 5.32 Å². The first kappa shape index (κ1) is 12.2. The third-order valence-corrected chi connectivity index (χ3v) is 3.49. The molecule has 2 heterocycles. The number of hydrogen-bond acceptors (Lipinski definition) is 4. The minimum atomic E-state index is 0.371. The van der Waals surface area contributed by atoms with Crippen molar-refractivity contribution < 1.29 is 0 Å². The van der Waals surface area contributed by atoms with Crippen LogP contribution in [0.4, 0.5) is 0 Å². The normalized spacial score (nSPS) is 12.5. The summed E-state index contributed by atoms with van der Waals surface area (Å²) in [6, 6.07) is 4.60. The van der Waals surface area contributed by atoms with Crippen molar-refractivity contribution in [2.24, 2.45) is 0 Å². The summed E-state index contributed by atoms with van der Waals surface area (Å²) >= 11 is 1.76. The van der Waals surface area contributed by atoms with E-state index in [-0.39, 0.29) is 0 Å². The van der Waals surface area contributed by atoms with Gasteiger partial charge in [0.15, 0.2) is 0 Å². The Bertz CT molecular complexity index is 413. The lowest BCUT2D eigenvalue weighted by Crippen LogP contribution is -2.21. The monoisotopic (exact) mass is 247 g/mol. The summed E-state index contributed by atoms with van der Waals surface area (Å²) < 4.78 is 0. The van der Waals surface area contributed by atoms with E-state index in [1.807, 2.05) is 12.3 Å². The van der Waals surface area contributed by atoms with E-state index in [1.165, 1.54) is 11.1 Å². The Morgan fingerprint density at radius 2 is 2.29 bits per heavy atom. The highest BCUT2D eigenvalue weighted by molar-refractivity contribution is 7.07. The smallest absolute Gasteiger partial charge is 0.0544 e. The Morgan fingerprint density at radius 1 is 1.35 bits per heavy atom. The molecule has 2 aromatic heterocycles. The molecule has 0 radical (unpaired) electrons. The van der Waals surface area contributed by atoms with Gasteiger partial charge in [0.1, 0.15) is 0 Å². The van der Waals surface area contributed by atoms with Crippen LogP contribution in [0.15, 0.2) is 35.3 Å². The lowest BCUT2D eigenvalue weighted by Gasteiger charge is -2.17. The molecule has 1 atom stereocenters. The van der Waals surface area contributed by atoms with Gasteiger partial charge in [-0.15, -0.1) is 0 Å². The summed E-state index contributed by atoms with van der Waals surface area (Å²) in [5, 5.41) is 15.6. The van der Waals surface area contributed by atoms with E-state index in [4.69, 9.17) is 0 Å². The Morgan fingerprint density at radius 3 is 2.94 bits per heavy atom. The number of aromatic nitrogens is 2. The van der Waals surface area contributed by atoms with Crippen molar-refractivity contribution in [1.82, 2.24) is 15.5 Å². The summed E-state index contributed by atoms with van der Waals surface area (Å²) in [5.74, 6) is 0. The summed E-state index contributed by atoms with van der Waals surface area (Å²) in [6.45, 7) is 3.10. The minimum Gasteiger partial charge on any atom is -0.310 e. The van der Waals surface area contributed by atoms with E-state index >= 15 is 0 Å². The quantitative estimate of drug-likeness (QED) is 0.853. The molecule has 0 aliphatic rings. The molecule has 0 saturated carbocycles. The molecule has 1 N–H and O–H groups in total. The fourth-order valence-corrected chi connectivity index (χ4v) is 2.59. The van der Waals surface area contributed by atoms with Crippen LogP contribution in [0, 0.1) is 0 Å². The summed E-state index contributed by atoms with van der Waals surface area (Å²) in [4.78, 5) is 0. The summed E-state index contributed by atoms with van der Waals surface area (Å²) in [6.07, 6.45) is 5.80. The Kier molecular flexibility index (Phi) is 4.64. The van der Waals surface area contributed by atoms with Gasteiger partial charge < -0.3 is 5.32 Å². The van der Waals surface area contributed by atoms with Crippen LogP contribution in [0.5, 0.6) is 0 Å². The molecule has 1 unspecified atom stereocenters. The van der Waals surface area contributed by atoms with Crippen LogP contribution >= 0.6 is 11.3 Å². The molecule has 0 bridgehead atoms. The maximum absolute atomic E-state index is 3.94. The van der Waals surface area contributed by atoms with E-state index in [2.05, 4.69) is 39.3 Å². The highest BCUT2D eigenvalue weighted by atomic mass is 32.1. The van der Waals surface area contributed by atoms with Gasteiger partial charge in [0.2, 0.25) is 0 Å². The molecule has 0 aliphatic heterocycles. The molecule has 0 saturated heterocycles. The first-order chi connectivity index (χ1) is 8.40. The fraction of sp³-hybridized carbons (Fsp3) is 0.385. The van der Waals surface area contributed by atoms with Gasteiger partial charge in [0.25, 0.3) is 0 Å². The van der Waals surface area contributed by atoms with Gasteiger partial charge in [-0.05, 0) is 53.4 Å². The van der Waals surface area contributed by atoms with Crippen molar-refractivity contribution in [2.45, 2.75) is 25.8 Å². The van der Waals surface area contributed by atoms with Gasteiger partial charge in [0.05, 0.1) is 6.20 Å². The second-order valence-corrected chi connectivity index (χ2v) is 4.74. The zero-order valence-corrected chi connectivity index (χ0v) is 10.8. The number of nitrogens with zero attached hydrogens (tertiary/aromatic N) is 2. The van der Waals surface area contributed by atoms with Crippen LogP contribution in [0.3, 0.4) is 0 Å². The zero-order chi connectivity index (χ0) is 11.9. The van der Waals surface area contributed by atoms with Crippen LogP contribution in [-0.2, 0) is 6.42 Å². The fourth-order valence-electron chi connectivity index (χ4n) is 1.89. The molecule has 3 nitrogen and oxygen atoms in total. The first-order valence-electron chi connectivity index (χ1n) is 5.91.